The second-order valence-electron chi connectivity index (χ2n) is 5.27. The minimum Gasteiger partial charge on any atom is -0.315 e. The first-order valence-corrected chi connectivity index (χ1v) is 7.56. The van der Waals surface area contributed by atoms with Gasteiger partial charge < -0.3 is 5.32 Å². The van der Waals surface area contributed by atoms with Gasteiger partial charge in [0.1, 0.15) is 5.01 Å². The van der Waals surface area contributed by atoms with E-state index in [9.17, 15) is 13.2 Å². The molecule has 1 heterocycles. The molecule has 0 aliphatic heterocycles. The lowest BCUT2D eigenvalue weighted by molar-refractivity contribution is -0.141. The van der Waals surface area contributed by atoms with E-state index >= 15 is 0 Å². The minimum atomic E-state index is -4.40. The number of aromatic nitrogens is 1. The van der Waals surface area contributed by atoms with Crippen molar-refractivity contribution in [3.05, 3.63) is 51.5 Å². The molecule has 1 aromatic carbocycles. The van der Waals surface area contributed by atoms with E-state index < -0.39 is 11.9 Å². The summed E-state index contributed by atoms with van der Waals surface area (Å²) in [6.07, 6.45) is -2.67. The van der Waals surface area contributed by atoms with E-state index in [0.717, 1.165) is 18.4 Å². The van der Waals surface area contributed by atoms with Crippen LogP contribution >= 0.6 is 11.3 Å². The smallest absolute Gasteiger partial charge is 0.315 e. The van der Waals surface area contributed by atoms with Crippen molar-refractivity contribution in [2.75, 3.05) is 7.05 Å². The number of nitrogens with zero attached hydrogens (tertiary/aromatic N) is 1. The Balaban J connectivity index is 2.04. The van der Waals surface area contributed by atoms with Crippen LogP contribution < -0.4 is 5.32 Å². The molecule has 1 fully saturated rings. The second kappa shape index (κ2) is 5.10. The fourth-order valence-electron chi connectivity index (χ4n) is 2.57. The lowest BCUT2D eigenvalue weighted by Crippen LogP contribution is -2.13. The van der Waals surface area contributed by atoms with Gasteiger partial charge in [-0.05, 0) is 25.5 Å². The van der Waals surface area contributed by atoms with Gasteiger partial charge >= 0.3 is 6.18 Å². The van der Waals surface area contributed by atoms with Gasteiger partial charge in [-0.2, -0.15) is 13.2 Å². The Morgan fingerprint density at radius 2 is 1.90 bits per heavy atom. The number of hydrogen-bond donors (Lipinski definition) is 1. The quantitative estimate of drug-likeness (QED) is 0.924. The Hall–Kier alpha value is -1.40. The van der Waals surface area contributed by atoms with Crippen molar-refractivity contribution >= 4 is 11.3 Å². The summed E-state index contributed by atoms with van der Waals surface area (Å²) in [6.45, 7) is 0.192. The zero-order chi connectivity index (χ0) is 15.1. The molecule has 0 amide bonds. The van der Waals surface area contributed by atoms with Gasteiger partial charge in [0.05, 0.1) is 4.88 Å². The molecule has 0 atom stereocenters. The minimum absolute atomic E-state index is 0.192. The molecule has 1 aliphatic carbocycles. The number of benzene rings is 1. The standard InChI is InChI=1S/C15H15F3N2S/c1-19-9-11-12(15(16,17)18)20-13(21-11)14(7-8-14)10-5-3-2-4-6-10/h2-6,19H,7-9H2,1H3. The maximum Gasteiger partial charge on any atom is 0.434 e. The lowest BCUT2D eigenvalue weighted by atomic mass is 9.97. The molecule has 112 valence electrons. The molecule has 0 unspecified atom stereocenters. The van der Waals surface area contributed by atoms with Crippen molar-refractivity contribution < 1.29 is 13.2 Å². The van der Waals surface area contributed by atoms with Crippen molar-refractivity contribution in [3.63, 3.8) is 0 Å². The van der Waals surface area contributed by atoms with Gasteiger partial charge in [-0.25, -0.2) is 4.98 Å². The van der Waals surface area contributed by atoms with Crippen molar-refractivity contribution in [2.45, 2.75) is 31.0 Å². The zero-order valence-electron chi connectivity index (χ0n) is 11.5. The van der Waals surface area contributed by atoms with E-state index in [1.165, 1.54) is 11.3 Å². The van der Waals surface area contributed by atoms with Crippen molar-refractivity contribution in [1.29, 1.82) is 0 Å². The van der Waals surface area contributed by atoms with Crippen LogP contribution in [0.1, 0.15) is 34.0 Å². The second-order valence-corrected chi connectivity index (χ2v) is 6.35. The highest BCUT2D eigenvalue weighted by Gasteiger charge is 2.50. The summed E-state index contributed by atoms with van der Waals surface area (Å²) in [4.78, 5) is 4.23. The molecule has 1 aliphatic rings. The normalized spacial score (nSPS) is 17.0. The van der Waals surface area contributed by atoms with Crippen LogP contribution in [0.5, 0.6) is 0 Å². The van der Waals surface area contributed by atoms with Gasteiger partial charge in [-0.1, -0.05) is 30.3 Å². The summed E-state index contributed by atoms with van der Waals surface area (Å²) in [7, 11) is 1.64. The van der Waals surface area contributed by atoms with E-state index in [-0.39, 0.29) is 16.8 Å². The maximum atomic E-state index is 13.1. The number of alkyl halides is 3. The Morgan fingerprint density at radius 1 is 1.24 bits per heavy atom. The Morgan fingerprint density at radius 3 is 2.43 bits per heavy atom. The number of halogens is 3. The molecule has 2 nitrogen and oxygen atoms in total. The highest BCUT2D eigenvalue weighted by atomic mass is 32.1. The molecule has 1 aromatic heterocycles. The molecule has 0 radical (unpaired) electrons. The third-order valence-electron chi connectivity index (χ3n) is 3.79. The van der Waals surface area contributed by atoms with Crippen LogP contribution in [-0.4, -0.2) is 12.0 Å². The Labute approximate surface area is 125 Å². The van der Waals surface area contributed by atoms with Crippen LogP contribution in [0.3, 0.4) is 0 Å². The van der Waals surface area contributed by atoms with Gasteiger partial charge in [0, 0.05) is 12.0 Å². The first kappa shape index (κ1) is 14.5. The van der Waals surface area contributed by atoms with Crippen LogP contribution in [0.2, 0.25) is 0 Å². The predicted molar refractivity (Wildman–Crippen MR) is 76.3 cm³/mol. The molecule has 0 bridgehead atoms. The van der Waals surface area contributed by atoms with Crippen molar-refractivity contribution in [1.82, 2.24) is 10.3 Å². The van der Waals surface area contributed by atoms with Crippen LogP contribution in [0.25, 0.3) is 0 Å². The summed E-state index contributed by atoms with van der Waals surface area (Å²) < 4.78 is 39.3. The van der Waals surface area contributed by atoms with Gasteiger partial charge in [0.25, 0.3) is 0 Å². The first-order chi connectivity index (χ1) is 9.97. The molecular formula is C15H15F3N2S. The summed E-state index contributed by atoms with van der Waals surface area (Å²) in [5.74, 6) is 0. The summed E-state index contributed by atoms with van der Waals surface area (Å²) >= 11 is 1.18. The van der Waals surface area contributed by atoms with Gasteiger partial charge in [0.2, 0.25) is 0 Å². The number of hydrogen-bond acceptors (Lipinski definition) is 3. The third kappa shape index (κ3) is 2.58. The third-order valence-corrected chi connectivity index (χ3v) is 5.05. The van der Waals surface area contributed by atoms with Crippen LogP contribution in [0, 0.1) is 0 Å². The fraction of sp³-hybridized carbons (Fsp3) is 0.400. The molecular weight excluding hydrogens is 297 g/mol. The van der Waals surface area contributed by atoms with Crippen LogP contribution in [0.4, 0.5) is 13.2 Å². The van der Waals surface area contributed by atoms with Gasteiger partial charge in [0.15, 0.2) is 5.69 Å². The number of nitrogens with one attached hydrogen (secondary N) is 1. The highest BCUT2D eigenvalue weighted by Crippen LogP contribution is 2.55. The first-order valence-electron chi connectivity index (χ1n) is 6.75. The molecule has 21 heavy (non-hydrogen) atoms. The van der Waals surface area contributed by atoms with E-state index in [1.807, 2.05) is 30.3 Å². The predicted octanol–water partition coefficient (Wildman–Crippen LogP) is 3.96. The zero-order valence-corrected chi connectivity index (χ0v) is 12.3. The van der Waals surface area contributed by atoms with E-state index in [4.69, 9.17) is 0 Å². The highest BCUT2D eigenvalue weighted by molar-refractivity contribution is 7.12. The molecule has 0 spiro atoms. The van der Waals surface area contributed by atoms with Gasteiger partial charge in [-0.15, -0.1) is 11.3 Å². The summed E-state index contributed by atoms with van der Waals surface area (Å²) in [6, 6.07) is 9.69. The molecule has 1 N–H and O–H groups in total. The van der Waals surface area contributed by atoms with Gasteiger partial charge in [-0.3, -0.25) is 0 Å². The molecule has 2 aromatic rings. The maximum absolute atomic E-state index is 13.1. The summed E-state index contributed by atoms with van der Waals surface area (Å²) in [5, 5.41) is 3.38. The van der Waals surface area contributed by atoms with Crippen molar-refractivity contribution in [2.24, 2.45) is 0 Å². The van der Waals surface area contributed by atoms with Crippen LogP contribution in [0.15, 0.2) is 30.3 Å². The van der Waals surface area contributed by atoms with Crippen molar-refractivity contribution in [3.8, 4) is 0 Å². The number of thiazole rings is 1. The molecule has 1 saturated carbocycles. The van der Waals surface area contributed by atoms with E-state index in [2.05, 4.69) is 10.3 Å². The Bertz CT molecular complexity index is 630. The average Bonchev–Trinajstić information content (AvgIpc) is 3.14. The Kier molecular flexibility index (Phi) is 3.53. The largest absolute Gasteiger partial charge is 0.434 e. The molecule has 0 saturated heterocycles. The fourth-order valence-corrected chi connectivity index (χ4v) is 3.93. The average molecular weight is 312 g/mol. The monoisotopic (exact) mass is 312 g/mol. The molecule has 6 heteroatoms. The lowest BCUT2D eigenvalue weighted by Gasteiger charge is -2.12. The summed E-state index contributed by atoms with van der Waals surface area (Å²) in [5.41, 5.74) is 0.0142. The molecule has 3 rings (SSSR count). The van der Waals surface area contributed by atoms with E-state index in [0.29, 0.717) is 5.01 Å². The SMILES string of the molecule is CNCc1sc(C2(c3ccccc3)CC2)nc1C(F)(F)F. The van der Waals surface area contributed by atoms with E-state index in [1.54, 1.807) is 7.05 Å². The number of rotatable bonds is 4. The topological polar surface area (TPSA) is 24.9 Å². The van der Waals surface area contributed by atoms with Crippen LogP contribution in [-0.2, 0) is 18.1 Å².